The monoisotopic (exact) mass is 385 g/mol. The Morgan fingerprint density at radius 2 is 1.71 bits per heavy atom. The van der Waals surface area contributed by atoms with E-state index in [1.165, 1.54) is 12.1 Å². The zero-order valence-electron chi connectivity index (χ0n) is 16.4. The molecular weight excluding hydrogens is 357 g/mol. The number of aromatic nitrogens is 1. The number of carbonyl (C=O) groups excluding carboxylic acids is 1. The third-order valence-electron chi connectivity index (χ3n) is 4.96. The minimum atomic E-state index is -0.233. The minimum Gasteiger partial charge on any atom is -0.341 e. The average molecular weight is 385 g/mol. The van der Waals surface area contributed by atoms with Crippen molar-refractivity contribution in [2.45, 2.75) is 13.3 Å². The van der Waals surface area contributed by atoms with E-state index >= 15 is 0 Å². The normalized spacial score (nSPS) is 14.7. The van der Waals surface area contributed by atoms with Crippen LogP contribution < -0.4 is 10.2 Å². The highest BCUT2D eigenvalue weighted by Crippen LogP contribution is 2.25. The Morgan fingerprint density at radius 1 is 1.07 bits per heavy atom. The predicted molar refractivity (Wildman–Crippen MR) is 109 cm³/mol. The topological polar surface area (TPSA) is 51.7 Å². The first-order valence-electron chi connectivity index (χ1n) is 9.85. The van der Waals surface area contributed by atoms with E-state index in [0.29, 0.717) is 6.54 Å². The van der Waals surface area contributed by atoms with Crippen molar-refractivity contribution in [2.75, 3.05) is 50.7 Å². The van der Waals surface area contributed by atoms with Crippen LogP contribution in [0.15, 0.2) is 48.8 Å². The molecule has 2 heterocycles. The summed E-state index contributed by atoms with van der Waals surface area (Å²) in [4.78, 5) is 22.5. The lowest BCUT2D eigenvalue weighted by molar-refractivity contribution is 0.139. The van der Waals surface area contributed by atoms with Gasteiger partial charge in [0.15, 0.2) is 0 Å². The van der Waals surface area contributed by atoms with E-state index in [9.17, 15) is 9.18 Å². The van der Waals surface area contributed by atoms with Crippen molar-refractivity contribution in [3.05, 3.63) is 54.6 Å². The van der Waals surface area contributed by atoms with E-state index in [1.807, 2.05) is 24.0 Å². The number of carbonyl (C=O) groups is 1. The van der Waals surface area contributed by atoms with Crippen molar-refractivity contribution in [1.82, 2.24) is 20.1 Å². The zero-order chi connectivity index (χ0) is 19.8. The molecule has 0 unspecified atom stereocenters. The van der Waals surface area contributed by atoms with Gasteiger partial charge in [0.05, 0.1) is 0 Å². The summed E-state index contributed by atoms with van der Waals surface area (Å²) in [6, 6.07) is 10.6. The molecule has 2 aromatic rings. The van der Waals surface area contributed by atoms with Crippen LogP contribution in [0.2, 0.25) is 0 Å². The van der Waals surface area contributed by atoms with Crippen molar-refractivity contribution in [1.29, 1.82) is 0 Å². The third-order valence-corrected chi connectivity index (χ3v) is 4.96. The van der Waals surface area contributed by atoms with Gasteiger partial charge in [0.25, 0.3) is 0 Å². The lowest BCUT2D eigenvalue weighted by Crippen LogP contribution is -2.52. The fourth-order valence-corrected chi connectivity index (χ4v) is 3.44. The van der Waals surface area contributed by atoms with E-state index in [4.69, 9.17) is 0 Å². The van der Waals surface area contributed by atoms with Gasteiger partial charge in [-0.05, 0) is 56.3 Å². The van der Waals surface area contributed by atoms with Gasteiger partial charge < -0.3 is 15.1 Å². The van der Waals surface area contributed by atoms with Crippen LogP contribution in [-0.4, -0.2) is 66.6 Å². The van der Waals surface area contributed by atoms with Crippen LogP contribution in [0.1, 0.15) is 13.3 Å². The second kappa shape index (κ2) is 10.0. The van der Waals surface area contributed by atoms with Crippen molar-refractivity contribution >= 4 is 17.4 Å². The molecular formula is C21H28FN5O. The molecule has 0 spiro atoms. The number of anilines is 2. The Hall–Kier alpha value is -2.67. The van der Waals surface area contributed by atoms with Gasteiger partial charge in [0.2, 0.25) is 0 Å². The Morgan fingerprint density at radius 3 is 2.36 bits per heavy atom. The number of urea groups is 1. The molecule has 2 amide bonds. The van der Waals surface area contributed by atoms with E-state index in [-0.39, 0.29) is 11.8 Å². The molecule has 1 N–H and O–H groups in total. The molecule has 0 atom stereocenters. The SMILES string of the molecule is CCNC(=O)N1CCN(CCCN(c2ccncc2)c2ccc(F)cc2)CC1. The van der Waals surface area contributed by atoms with Gasteiger partial charge in [0.1, 0.15) is 5.82 Å². The largest absolute Gasteiger partial charge is 0.341 e. The zero-order valence-corrected chi connectivity index (χ0v) is 16.4. The molecule has 1 saturated heterocycles. The number of pyridine rings is 1. The number of hydrogen-bond donors (Lipinski definition) is 1. The maximum atomic E-state index is 13.3. The third kappa shape index (κ3) is 5.42. The molecule has 3 rings (SSSR count). The first-order chi connectivity index (χ1) is 13.7. The lowest BCUT2D eigenvalue weighted by atomic mass is 10.2. The summed E-state index contributed by atoms with van der Waals surface area (Å²) < 4.78 is 13.3. The summed E-state index contributed by atoms with van der Waals surface area (Å²) in [7, 11) is 0. The summed E-state index contributed by atoms with van der Waals surface area (Å²) in [6.45, 7) is 7.69. The number of hydrogen-bond acceptors (Lipinski definition) is 4. The number of benzene rings is 1. The number of nitrogens with one attached hydrogen (secondary N) is 1. The molecule has 0 radical (unpaired) electrons. The Labute approximate surface area is 166 Å². The molecule has 0 bridgehead atoms. The number of nitrogens with zero attached hydrogens (tertiary/aromatic N) is 4. The molecule has 6 nitrogen and oxygen atoms in total. The molecule has 0 aliphatic carbocycles. The van der Waals surface area contributed by atoms with E-state index in [0.717, 1.165) is 57.1 Å². The van der Waals surface area contributed by atoms with Crippen molar-refractivity contribution in [3.63, 3.8) is 0 Å². The van der Waals surface area contributed by atoms with Crippen molar-refractivity contribution in [3.8, 4) is 0 Å². The molecule has 7 heteroatoms. The quantitative estimate of drug-likeness (QED) is 0.796. The molecule has 0 saturated carbocycles. The van der Waals surface area contributed by atoms with E-state index in [2.05, 4.69) is 20.1 Å². The fourth-order valence-electron chi connectivity index (χ4n) is 3.44. The van der Waals surface area contributed by atoms with Gasteiger partial charge in [-0.15, -0.1) is 0 Å². The highest BCUT2D eigenvalue weighted by molar-refractivity contribution is 5.74. The summed E-state index contributed by atoms with van der Waals surface area (Å²) >= 11 is 0. The number of amides is 2. The van der Waals surface area contributed by atoms with Crippen LogP contribution in [0.4, 0.5) is 20.6 Å². The second-order valence-corrected chi connectivity index (χ2v) is 6.85. The molecule has 1 aromatic heterocycles. The Kier molecular flexibility index (Phi) is 7.19. The van der Waals surface area contributed by atoms with Crippen molar-refractivity contribution in [2.24, 2.45) is 0 Å². The lowest BCUT2D eigenvalue weighted by Gasteiger charge is -2.35. The van der Waals surface area contributed by atoms with Gasteiger partial charge in [-0.1, -0.05) is 0 Å². The number of piperazine rings is 1. The summed E-state index contributed by atoms with van der Waals surface area (Å²) in [5, 5.41) is 2.86. The van der Waals surface area contributed by atoms with E-state index < -0.39 is 0 Å². The number of halogens is 1. The molecule has 1 aliphatic heterocycles. The van der Waals surface area contributed by atoms with Crippen LogP contribution in [0, 0.1) is 5.82 Å². The van der Waals surface area contributed by atoms with Crippen molar-refractivity contribution < 1.29 is 9.18 Å². The first kappa shape index (κ1) is 20.1. The summed E-state index contributed by atoms with van der Waals surface area (Å²) in [5.74, 6) is -0.233. The summed E-state index contributed by atoms with van der Waals surface area (Å²) in [6.07, 6.45) is 4.51. The van der Waals surface area contributed by atoms with Gasteiger partial charge in [-0.3, -0.25) is 9.88 Å². The maximum Gasteiger partial charge on any atom is 0.317 e. The van der Waals surface area contributed by atoms with Crippen LogP contribution in [-0.2, 0) is 0 Å². The standard InChI is InChI=1S/C21H28FN5O/c1-2-24-21(28)26-16-14-25(15-17-26)12-3-13-27(20-8-10-23-11-9-20)19-6-4-18(22)5-7-19/h4-11H,2-3,12-17H2,1H3,(H,24,28). The maximum absolute atomic E-state index is 13.3. The smallest absolute Gasteiger partial charge is 0.317 e. The Bertz CT molecular complexity index is 732. The summed E-state index contributed by atoms with van der Waals surface area (Å²) in [5.41, 5.74) is 2.01. The fraction of sp³-hybridized carbons (Fsp3) is 0.429. The van der Waals surface area contributed by atoms with Crippen LogP contribution in [0.5, 0.6) is 0 Å². The molecule has 1 aliphatic rings. The highest BCUT2D eigenvalue weighted by Gasteiger charge is 2.20. The van der Waals surface area contributed by atoms with Gasteiger partial charge >= 0.3 is 6.03 Å². The second-order valence-electron chi connectivity index (χ2n) is 6.85. The average Bonchev–Trinajstić information content (AvgIpc) is 2.73. The highest BCUT2D eigenvalue weighted by atomic mass is 19.1. The van der Waals surface area contributed by atoms with Crippen LogP contribution in [0.25, 0.3) is 0 Å². The molecule has 28 heavy (non-hydrogen) atoms. The van der Waals surface area contributed by atoms with Crippen LogP contribution >= 0.6 is 0 Å². The van der Waals surface area contributed by atoms with Gasteiger partial charge in [-0.2, -0.15) is 0 Å². The molecule has 150 valence electrons. The Balaban J connectivity index is 1.53. The molecule has 1 fully saturated rings. The minimum absolute atomic E-state index is 0.0299. The van der Waals surface area contributed by atoms with Crippen LogP contribution in [0.3, 0.4) is 0 Å². The van der Waals surface area contributed by atoms with Gasteiger partial charge in [0, 0.05) is 63.0 Å². The predicted octanol–water partition coefficient (Wildman–Crippen LogP) is 3.10. The molecule has 1 aromatic carbocycles. The number of rotatable bonds is 7. The first-order valence-corrected chi connectivity index (χ1v) is 9.85. The van der Waals surface area contributed by atoms with Gasteiger partial charge in [-0.25, -0.2) is 9.18 Å². The van der Waals surface area contributed by atoms with E-state index in [1.54, 1.807) is 24.5 Å².